The Morgan fingerprint density at radius 2 is 1.83 bits per heavy atom. The molecule has 2 aromatic rings. The van der Waals surface area contributed by atoms with E-state index in [2.05, 4.69) is 4.99 Å². The van der Waals surface area contributed by atoms with Crippen molar-refractivity contribution >= 4 is 24.0 Å². The highest BCUT2D eigenvalue weighted by atomic mass is 19.1. The molecule has 1 aliphatic rings. The molecule has 23 heavy (non-hydrogen) atoms. The van der Waals surface area contributed by atoms with Gasteiger partial charge in [-0.15, -0.1) is 0 Å². The number of rotatable bonds is 3. The van der Waals surface area contributed by atoms with Crippen molar-refractivity contribution in [2.45, 2.75) is 6.92 Å². The Hall–Kier alpha value is -3.01. The highest BCUT2D eigenvalue weighted by Crippen LogP contribution is 2.17. The van der Waals surface area contributed by atoms with Crippen molar-refractivity contribution in [1.29, 1.82) is 0 Å². The first-order valence-corrected chi connectivity index (χ1v) is 7.13. The summed E-state index contributed by atoms with van der Waals surface area (Å²) in [4.78, 5) is 15.9. The highest BCUT2D eigenvalue weighted by molar-refractivity contribution is 6.11. The SMILES string of the molecule is Cc1ccc(/C=C/C2=NC(=Cc3cccc(F)c3)C(=O)O2)cc1. The number of benzene rings is 2. The Labute approximate surface area is 133 Å². The molecule has 2 aromatic carbocycles. The second-order valence-corrected chi connectivity index (χ2v) is 5.17. The molecule has 0 saturated carbocycles. The Balaban J connectivity index is 1.79. The Bertz CT molecular complexity index is 833. The summed E-state index contributed by atoms with van der Waals surface area (Å²) in [6.07, 6.45) is 4.95. The number of hydrogen-bond acceptors (Lipinski definition) is 3. The molecule has 3 rings (SSSR count). The lowest BCUT2D eigenvalue weighted by molar-refractivity contribution is -0.129. The lowest BCUT2D eigenvalue weighted by Gasteiger charge is -1.95. The molecule has 0 radical (unpaired) electrons. The molecule has 114 valence electrons. The number of esters is 1. The van der Waals surface area contributed by atoms with Gasteiger partial charge in [0.2, 0.25) is 5.90 Å². The zero-order valence-electron chi connectivity index (χ0n) is 12.5. The third-order valence-corrected chi connectivity index (χ3v) is 3.28. The summed E-state index contributed by atoms with van der Waals surface area (Å²) >= 11 is 0. The Morgan fingerprint density at radius 1 is 1.04 bits per heavy atom. The van der Waals surface area contributed by atoms with E-state index in [1.54, 1.807) is 18.2 Å². The van der Waals surface area contributed by atoms with Gasteiger partial charge in [-0.25, -0.2) is 14.2 Å². The number of cyclic esters (lactones) is 1. The van der Waals surface area contributed by atoms with Crippen molar-refractivity contribution in [2.24, 2.45) is 4.99 Å². The molecule has 0 atom stereocenters. The van der Waals surface area contributed by atoms with E-state index in [9.17, 15) is 9.18 Å². The quantitative estimate of drug-likeness (QED) is 0.631. The van der Waals surface area contributed by atoms with Crippen molar-refractivity contribution in [3.8, 4) is 0 Å². The number of aliphatic imine (C=N–C) groups is 1. The van der Waals surface area contributed by atoms with Crippen molar-refractivity contribution < 1.29 is 13.9 Å². The van der Waals surface area contributed by atoms with Gasteiger partial charge in [-0.05, 0) is 42.3 Å². The van der Waals surface area contributed by atoms with Crippen molar-refractivity contribution in [1.82, 2.24) is 0 Å². The lowest BCUT2D eigenvalue weighted by atomic mass is 10.1. The number of carbonyl (C=O) groups excluding carboxylic acids is 1. The van der Waals surface area contributed by atoms with Crippen LogP contribution in [-0.2, 0) is 9.53 Å². The van der Waals surface area contributed by atoms with Gasteiger partial charge in [-0.3, -0.25) is 0 Å². The van der Waals surface area contributed by atoms with Crippen LogP contribution in [0.15, 0.2) is 65.3 Å². The maximum Gasteiger partial charge on any atom is 0.363 e. The molecule has 0 aliphatic carbocycles. The fourth-order valence-electron chi connectivity index (χ4n) is 2.10. The van der Waals surface area contributed by atoms with Gasteiger partial charge in [0, 0.05) is 6.08 Å². The average Bonchev–Trinajstić information content (AvgIpc) is 2.87. The summed E-state index contributed by atoms with van der Waals surface area (Å²) in [5.74, 6) is -0.690. The van der Waals surface area contributed by atoms with Crippen LogP contribution in [0.25, 0.3) is 12.2 Å². The molecule has 0 saturated heterocycles. The summed E-state index contributed by atoms with van der Waals surface area (Å²) in [5.41, 5.74) is 2.87. The minimum absolute atomic E-state index is 0.152. The molecule has 4 heteroatoms. The van der Waals surface area contributed by atoms with Gasteiger partial charge in [0.1, 0.15) is 5.82 Å². The molecule has 0 N–H and O–H groups in total. The second-order valence-electron chi connectivity index (χ2n) is 5.17. The summed E-state index contributed by atoms with van der Waals surface area (Å²) in [6, 6.07) is 13.9. The van der Waals surface area contributed by atoms with E-state index in [1.165, 1.54) is 23.8 Å². The first kappa shape index (κ1) is 14.9. The normalized spacial score (nSPS) is 16.0. The van der Waals surface area contributed by atoms with Gasteiger partial charge < -0.3 is 4.74 Å². The predicted octanol–water partition coefficient (Wildman–Crippen LogP) is 4.14. The molecule has 1 aliphatic heterocycles. The number of carbonyl (C=O) groups is 1. The van der Waals surface area contributed by atoms with E-state index in [4.69, 9.17) is 4.74 Å². The number of halogens is 1. The number of aryl methyl sites for hydroxylation is 1. The maximum atomic E-state index is 13.2. The first-order chi connectivity index (χ1) is 11.1. The van der Waals surface area contributed by atoms with Gasteiger partial charge in [-0.2, -0.15) is 0 Å². The summed E-state index contributed by atoms with van der Waals surface area (Å²) in [6.45, 7) is 2.01. The van der Waals surface area contributed by atoms with Gasteiger partial charge in [-0.1, -0.05) is 42.0 Å². The van der Waals surface area contributed by atoms with Gasteiger partial charge in [0.15, 0.2) is 5.70 Å². The summed E-state index contributed by atoms with van der Waals surface area (Å²) < 4.78 is 18.2. The largest absolute Gasteiger partial charge is 0.403 e. The molecule has 0 spiro atoms. The highest BCUT2D eigenvalue weighted by Gasteiger charge is 2.21. The van der Waals surface area contributed by atoms with Crippen LogP contribution in [0.2, 0.25) is 0 Å². The van der Waals surface area contributed by atoms with E-state index in [0.717, 1.165) is 5.56 Å². The van der Waals surface area contributed by atoms with E-state index >= 15 is 0 Å². The van der Waals surface area contributed by atoms with Crippen molar-refractivity contribution in [2.75, 3.05) is 0 Å². The fourth-order valence-corrected chi connectivity index (χ4v) is 2.10. The number of hydrogen-bond donors (Lipinski definition) is 0. The third-order valence-electron chi connectivity index (χ3n) is 3.28. The van der Waals surface area contributed by atoms with Crippen LogP contribution in [0.4, 0.5) is 4.39 Å². The van der Waals surface area contributed by atoms with Crippen molar-refractivity contribution in [3.05, 3.63) is 82.8 Å². The Morgan fingerprint density at radius 3 is 2.57 bits per heavy atom. The smallest absolute Gasteiger partial charge is 0.363 e. The minimum Gasteiger partial charge on any atom is -0.403 e. The zero-order valence-corrected chi connectivity index (χ0v) is 12.5. The number of ether oxygens (including phenoxy) is 1. The Kier molecular flexibility index (Phi) is 4.15. The van der Waals surface area contributed by atoms with Crippen molar-refractivity contribution in [3.63, 3.8) is 0 Å². The van der Waals surface area contributed by atoms with Crippen LogP contribution in [-0.4, -0.2) is 11.9 Å². The molecular weight excluding hydrogens is 293 g/mol. The van der Waals surface area contributed by atoms with Crippen LogP contribution in [0.5, 0.6) is 0 Å². The molecular formula is C19H14FNO2. The van der Waals surface area contributed by atoms with E-state index < -0.39 is 5.97 Å². The third kappa shape index (κ3) is 3.80. The number of nitrogens with zero attached hydrogens (tertiary/aromatic N) is 1. The molecule has 0 unspecified atom stereocenters. The van der Waals surface area contributed by atoms with Gasteiger partial charge in [0.05, 0.1) is 0 Å². The van der Waals surface area contributed by atoms with Crippen LogP contribution < -0.4 is 0 Å². The summed E-state index contributed by atoms with van der Waals surface area (Å²) in [5, 5.41) is 0. The first-order valence-electron chi connectivity index (χ1n) is 7.13. The van der Waals surface area contributed by atoms with E-state index in [1.807, 2.05) is 37.3 Å². The molecule has 0 bridgehead atoms. The summed E-state index contributed by atoms with van der Waals surface area (Å²) in [7, 11) is 0. The zero-order chi connectivity index (χ0) is 16.2. The second kappa shape index (κ2) is 6.40. The maximum absolute atomic E-state index is 13.2. The molecule has 1 heterocycles. The lowest BCUT2D eigenvalue weighted by Crippen LogP contribution is -2.01. The van der Waals surface area contributed by atoms with Gasteiger partial charge in [0.25, 0.3) is 0 Å². The van der Waals surface area contributed by atoms with Crippen LogP contribution in [0.1, 0.15) is 16.7 Å². The molecule has 0 amide bonds. The molecule has 0 fully saturated rings. The van der Waals surface area contributed by atoms with Crippen LogP contribution >= 0.6 is 0 Å². The van der Waals surface area contributed by atoms with Crippen LogP contribution in [0.3, 0.4) is 0 Å². The van der Waals surface area contributed by atoms with Crippen LogP contribution in [0, 0.1) is 12.7 Å². The van der Waals surface area contributed by atoms with Gasteiger partial charge >= 0.3 is 5.97 Å². The average molecular weight is 307 g/mol. The molecule has 3 nitrogen and oxygen atoms in total. The van der Waals surface area contributed by atoms with E-state index in [-0.39, 0.29) is 17.4 Å². The predicted molar refractivity (Wildman–Crippen MR) is 88.1 cm³/mol. The molecule has 0 aromatic heterocycles. The fraction of sp³-hybridized carbons (Fsp3) is 0.0526. The van der Waals surface area contributed by atoms with E-state index in [0.29, 0.717) is 5.56 Å². The monoisotopic (exact) mass is 307 g/mol. The minimum atomic E-state index is -0.544. The topological polar surface area (TPSA) is 38.7 Å². The standard InChI is InChI=1S/C19H14FNO2/c1-13-5-7-14(8-6-13)9-10-18-21-17(19(22)23-18)12-15-3-2-4-16(20)11-15/h2-12H,1H3/b10-9+,17-12?.